The summed E-state index contributed by atoms with van der Waals surface area (Å²) in [6, 6.07) is 0. The Hall–Kier alpha value is -0.520. The van der Waals surface area contributed by atoms with E-state index in [2.05, 4.69) is 31.7 Å². The van der Waals surface area contributed by atoms with Gasteiger partial charge in [-0.1, -0.05) is 63.7 Å². The number of hydrogen-bond donors (Lipinski definition) is 0. The van der Waals surface area contributed by atoms with E-state index < -0.39 is 0 Å². The van der Waals surface area contributed by atoms with Gasteiger partial charge >= 0.3 is 0 Å². The van der Waals surface area contributed by atoms with Crippen LogP contribution in [0.4, 0.5) is 0 Å². The van der Waals surface area contributed by atoms with E-state index in [-0.39, 0.29) is 0 Å². The first kappa shape index (κ1) is 17.5. The maximum atomic E-state index is 3.80. The SMILES string of the molecule is C=CCCCCC[C@H]1CCC[C@@H]1C=CCCCCCC. The molecule has 2 atom stereocenters. The Bertz CT molecular complexity index is 251. The van der Waals surface area contributed by atoms with E-state index in [0.717, 1.165) is 11.8 Å². The number of unbranched alkanes of at least 4 members (excludes halogenated alkanes) is 7. The molecule has 0 aromatic heterocycles. The summed E-state index contributed by atoms with van der Waals surface area (Å²) >= 11 is 0. The van der Waals surface area contributed by atoms with Crippen LogP contribution >= 0.6 is 0 Å². The van der Waals surface area contributed by atoms with Crippen LogP contribution in [0.3, 0.4) is 0 Å². The topological polar surface area (TPSA) is 0 Å². The highest BCUT2D eigenvalue weighted by Crippen LogP contribution is 2.36. The van der Waals surface area contributed by atoms with E-state index in [9.17, 15) is 0 Å². The molecule has 0 bridgehead atoms. The van der Waals surface area contributed by atoms with Crippen molar-refractivity contribution in [1.82, 2.24) is 0 Å². The smallest absolute Gasteiger partial charge is 0.0205 e. The van der Waals surface area contributed by atoms with Gasteiger partial charge in [-0.25, -0.2) is 0 Å². The Balaban J connectivity index is 2.10. The summed E-state index contributed by atoms with van der Waals surface area (Å²) in [6.45, 7) is 6.08. The lowest BCUT2D eigenvalue weighted by molar-refractivity contribution is 0.404. The average Bonchev–Trinajstić information content (AvgIpc) is 2.90. The molecule has 0 aromatic carbocycles. The highest BCUT2D eigenvalue weighted by atomic mass is 14.3. The van der Waals surface area contributed by atoms with Crippen LogP contribution in [0.1, 0.15) is 90.4 Å². The lowest BCUT2D eigenvalue weighted by atomic mass is 9.90. The zero-order valence-corrected chi connectivity index (χ0v) is 13.8. The lowest BCUT2D eigenvalue weighted by Crippen LogP contribution is -2.05. The second-order valence-electron chi connectivity index (χ2n) is 6.56. The van der Waals surface area contributed by atoms with E-state index in [1.807, 2.05) is 0 Å². The van der Waals surface area contributed by atoms with Gasteiger partial charge in [-0.3, -0.25) is 0 Å². The molecule has 0 aromatic rings. The van der Waals surface area contributed by atoms with Crippen LogP contribution in [0, 0.1) is 11.8 Å². The van der Waals surface area contributed by atoms with Gasteiger partial charge in [-0.05, 0) is 56.8 Å². The maximum absolute atomic E-state index is 3.80. The van der Waals surface area contributed by atoms with Crippen LogP contribution in [0.5, 0.6) is 0 Å². The zero-order chi connectivity index (χ0) is 14.5. The Morgan fingerprint density at radius 1 is 0.950 bits per heavy atom. The van der Waals surface area contributed by atoms with Crippen LogP contribution in [-0.4, -0.2) is 0 Å². The van der Waals surface area contributed by atoms with Crippen LogP contribution in [-0.2, 0) is 0 Å². The van der Waals surface area contributed by atoms with E-state index >= 15 is 0 Å². The molecule has 1 aliphatic carbocycles. The van der Waals surface area contributed by atoms with Crippen molar-refractivity contribution in [1.29, 1.82) is 0 Å². The molecule has 0 radical (unpaired) electrons. The molecular weight excluding hydrogens is 240 g/mol. The summed E-state index contributed by atoms with van der Waals surface area (Å²) < 4.78 is 0. The van der Waals surface area contributed by atoms with E-state index in [1.165, 1.54) is 83.5 Å². The molecule has 1 aliphatic rings. The molecule has 0 spiro atoms. The minimum atomic E-state index is 0.903. The van der Waals surface area contributed by atoms with Gasteiger partial charge in [0, 0.05) is 0 Å². The molecule has 0 aliphatic heterocycles. The van der Waals surface area contributed by atoms with Crippen LogP contribution in [0.2, 0.25) is 0 Å². The highest BCUT2D eigenvalue weighted by molar-refractivity contribution is 4.94. The quantitative estimate of drug-likeness (QED) is 0.264. The Kier molecular flexibility index (Phi) is 10.7. The fourth-order valence-corrected chi connectivity index (χ4v) is 3.51. The second-order valence-corrected chi connectivity index (χ2v) is 6.56. The summed E-state index contributed by atoms with van der Waals surface area (Å²) in [5.41, 5.74) is 0. The predicted octanol–water partition coefficient (Wildman–Crippen LogP) is 7.07. The molecule has 0 heteroatoms. The molecule has 1 rings (SSSR count). The van der Waals surface area contributed by atoms with E-state index in [0.29, 0.717) is 0 Å². The van der Waals surface area contributed by atoms with Crippen LogP contribution < -0.4 is 0 Å². The minimum absolute atomic E-state index is 0.903. The normalized spacial score (nSPS) is 22.6. The van der Waals surface area contributed by atoms with E-state index in [4.69, 9.17) is 0 Å². The number of allylic oxidation sites excluding steroid dienone is 3. The first-order valence-corrected chi connectivity index (χ1v) is 9.16. The molecule has 0 amide bonds. The largest absolute Gasteiger partial charge is 0.103 e. The monoisotopic (exact) mass is 276 g/mol. The van der Waals surface area contributed by atoms with Gasteiger partial charge < -0.3 is 0 Å². The van der Waals surface area contributed by atoms with Crippen molar-refractivity contribution in [2.24, 2.45) is 11.8 Å². The van der Waals surface area contributed by atoms with E-state index in [1.54, 1.807) is 0 Å². The predicted molar refractivity (Wildman–Crippen MR) is 92.0 cm³/mol. The summed E-state index contributed by atoms with van der Waals surface area (Å²) in [6.07, 6.45) is 25.2. The minimum Gasteiger partial charge on any atom is -0.103 e. The Labute approximate surface area is 127 Å². The molecule has 0 heterocycles. The highest BCUT2D eigenvalue weighted by Gasteiger charge is 2.24. The molecule has 116 valence electrons. The van der Waals surface area contributed by atoms with Crippen molar-refractivity contribution in [2.75, 3.05) is 0 Å². The molecule has 0 unspecified atom stereocenters. The van der Waals surface area contributed by atoms with Gasteiger partial charge in [-0.2, -0.15) is 0 Å². The third-order valence-corrected chi connectivity index (χ3v) is 4.81. The standard InChI is InChI=1S/C20H36/c1-3-5-7-9-11-13-16-20-18-14-17-19(20)15-12-10-8-6-4-2/h4,13,16,19-20H,2-3,5-12,14-15,17-18H2,1H3/t19-,20-/m0/s1. The van der Waals surface area contributed by atoms with Crippen molar-refractivity contribution < 1.29 is 0 Å². The Morgan fingerprint density at radius 2 is 1.75 bits per heavy atom. The summed E-state index contributed by atoms with van der Waals surface area (Å²) in [5.74, 6) is 1.89. The van der Waals surface area contributed by atoms with Crippen molar-refractivity contribution >= 4 is 0 Å². The molecular formula is C20H36. The molecule has 0 nitrogen and oxygen atoms in total. The van der Waals surface area contributed by atoms with Crippen molar-refractivity contribution in [2.45, 2.75) is 90.4 Å². The lowest BCUT2D eigenvalue weighted by Gasteiger charge is -2.16. The molecule has 0 saturated heterocycles. The Morgan fingerprint density at radius 3 is 2.55 bits per heavy atom. The van der Waals surface area contributed by atoms with Gasteiger partial charge in [0.05, 0.1) is 0 Å². The summed E-state index contributed by atoms with van der Waals surface area (Å²) in [7, 11) is 0. The number of hydrogen-bond acceptors (Lipinski definition) is 0. The van der Waals surface area contributed by atoms with Crippen LogP contribution in [0.25, 0.3) is 0 Å². The van der Waals surface area contributed by atoms with Gasteiger partial charge in [0.2, 0.25) is 0 Å². The molecule has 0 N–H and O–H groups in total. The summed E-state index contributed by atoms with van der Waals surface area (Å²) in [5, 5.41) is 0. The second kappa shape index (κ2) is 12.2. The van der Waals surface area contributed by atoms with Crippen molar-refractivity contribution in [3.63, 3.8) is 0 Å². The fourth-order valence-electron chi connectivity index (χ4n) is 3.51. The third-order valence-electron chi connectivity index (χ3n) is 4.81. The maximum Gasteiger partial charge on any atom is -0.0205 e. The fraction of sp³-hybridized carbons (Fsp3) is 0.800. The molecule has 20 heavy (non-hydrogen) atoms. The number of rotatable bonds is 12. The van der Waals surface area contributed by atoms with Gasteiger partial charge in [0.25, 0.3) is 0 Å². The van der Waals surface area contributed by atoms with Gasteiger partial charge in [-0.15, -0.1) is 6.58 Å². The molecule has 1 fully saturated rings. The first-order valence-electron chi connectivity index (χ1n) is 9.16. The van der Waals surface area contributed by atoms with Gasteiger partial charge in [0.15, 0.2) is 0 Å². The van der Waals surface area contributed by atoms with Gasteiger partial charge in [0.1, 0.15) is 0 Å². The third kappa shape index (κ3) is 7.92. The zero-order valence-electron chi connectivity index (χ0n) is 13.8. The molecule has 1 saturated carbocycles. The summed E-state index contributed by atoms with van der Waals surface area (Å²) in [4.78, 5) is 0. The first-order chi connectivity index (χ1) is 9.88. The van der Waals surface area contributed by atoms with Crippen LogP contribution in [0.15, 0.2) is 24.8 Å². The van der Waals surface area contributed by atoms with Crippen molar-refractivity contribution in [3.8, 4) is 0 Å². The van der Waals surface area contributed by atoms with Crippen molar-refractivity contribution in [3.05, 3.63) is 24.8 Å². The average molecular weight is 277 g/mol.